The molecule has 0 atom stereocenters. The Bertz CT molecular complexity index is 679. The van der Waals surface area contributed by atoms with Crippen LogP contribution < -0.4 is 5.32 Å². The van der Waals surface area contributed by atoms with E-state index in [9.17, 15) is 4.79 Å². The Morgan fingerprint density at radius 2 is 2.33 bits per heavy atom. The maximum Gasteiger partial charge on any atom is 0.332 e. The molecule has 2 heterocycles. The maximum atomic E-state index is 11.5. The summed E-state index contributed by atoms with van der Waals surface area (Å²) < 4.78 is 6.60. The lowest BCUT2D eigenvalue weighted by atomic mass is 10.2. The van der Waals surface area contributed by atoms with Crippen molar-refractivity contribution in [3.63, 3.8) is 0 Å². The summed E-state index contributed by atoms with van der Waals surface area (Å²) in [5.41, 5.74) is 0.817. The van der Waals surface area contributed by atoms with Crippen LogP contribution in [-0.4, -0.2) is 39.9 Å². The summed E-state index contributed by atoms with van der Waals surface area (Å²) in [6.07, 6.45) is 4.33. The van der Waals surface area contributed by atoms with E-state index in [1.807, 2.05) is 12.1 Å². The summed E-state index contributed by atoms with van der Waals surface area (Å²) in [7, 11) is 0. The van der Waals surface area contributed by atoms with Crippen molar-refractivity contribution in [1.82, 2.24) is 20.1 Å². The fraction of sp³-hybridized carbons (Fsp3) is 0.214. The standard InChI is InChI=1S/C14H13ClN4O2/c15-11-3-1-2-10(6-11)14-17-9-19(18-14)5-4-13(20)21-12-7-16-8-12/h1-6,9,12,16H,7-8H2/b5-4-. The number of ether oxygens (including phenoxy) is 1. The number of halogens is 1. The molecule has 1 aliphatic rings. The fourth-order valence-electron chi connectivity index (χ4n) is 1.79. The van der Waals surface area contributed by atoms with Crippen LogP contribution in [0.15, 0.2) is 36.7 Å². The first kappa shape index (κ1) is 13.8. The summed E-state index contributed by atoms with van der Waals surface area (Å²) in [4.78, 5) is 15.7. The number of carbonyl (C=O) groups is 1. The molecule has 0 amide bonds. The Balaban J connectivity index is 1.65. The van der Waals surface area contributed by atoms with E-state index in [2.05, 4.69) is 15.4 Å². The minimum atomic E-state index is -0.388. The van der Waals surface area contributed by atoms with Gasteiger partial charge in [-0.25, -0.2) is 14.5 Å². The average Bonchev–Trinajstić information content (AvgIpc) is 2.90. The van der Waals surface area contributed by atoms with Crippen LogP contribution in [0.25, 0.3) is 17.6 Å². The second-order valence-corrected chi connectivity index (χ2v) is 5.03. The number of esters is 1. The molecule has 1 fully saturated rings. The average molecular weight is 305 g/mol. The van der Waals surface area contributed by atoms with Crippen molar-refractivity contribution in [3.8, 4) is 11.4 Å². The lowest BCUT2D eigenvalue weighted by Gasteiger charge is -2.25. The molecule has 108 valence electrons. The summed E-state index contributed by atoms with van der Waals surface area (Å²) in [6.45, 7) is 1.42. The van der Waals surface area contributed by atoms with Gasteiger partial charge in [0.25, 0.3) is 0 Å². The molecule has 7 heteroatoms. The molecule has 1 aliphatic heterocycles. The number of aromatic nitrogens is 3. The number of benzene rings is 1. The summed E-state index contributed by atoms with van der Waals surface area (Å²) in [6, 6.07) is 7.27. The van der Waals surface area contributed by atoms with Gasteiger partial charge in [-0.2, -0.15) is 0 Å². The third kappa shape index (κ3) is 3.48. The van der Waals surface area contributed by atoms with Crippen molar-refractivity contribution in [2.45, 2.75) is 6.10 Å². The van der Waals surface area contributed by atoms with Crippen molar-refractivity contribution in [2.24, 2.45) is 0 Å². The van der Waals surface area contributed by atoms with Crippen molar-refractivity contribution in [1.29, 1.82) is 0 Å². The first-order chi connectivity index (χ1) is 10.2. The van der Waals surface area contributed by atoms with E-state index in [0.717, 1.165) is 5.56 Å². The molecule has 3 rings (SSSR count). The molecular formula is C14H13ClN4O2. The SMILES string of the molecule is O=C(/C=C\n1cnc(-c2cccc(Cl)c2)n1)OC1CNC1. The Kier molecular flexibility index (Phi) is 3.98. The van der Waals surface area contributed by atoms with Gasteiger partial charge in [-0.3, -0.25) is 0 Å². The Morgan fingerprint density at radius 3 is 3.05 bits per heavy atom. The van der Waals surface area contributed by atoms with E-state index in [4.69, 9.17) is 16.3 Å². The van der Waals surface area contributed by atoms with Gasteiger partial charge in [-0.1, -0.05) is 23.7 Å². The number of carbonyl (C=O) groups excluding carboxylic acids is 1. The molecule has 0 bridgehead atoms. The van der Waals surface area contributed by atoms with Crippen LogP contribution in [0.3, 0.4) is 0 Å². The molecule has 1 N–H and O–H groups in total. The van der Waals surface area contributed by atoms with Crippen LogP contribution in [0.4, 0.5) is 0 Å². The predicted octanol–water partition coefficient (Wildman–Crippen LogP) is 1.58. The second-order valence-electron chi connectivity index (χ2n) is 4.59. The minimum Gasteiger partial charge on any atom is -0.456 e. The molecule has 0 spiro atoms. The van der Waals surface area contributed by atoms with Gasteiger partial charge in [-0.05, 0) is 12.1 Å². The zero-order valence-electron chi connectivity index (χ0n) is 11.1. The summed E-state index contributed by atoms with van der Waals surface area (Å²) in [5.74, 6) is 0.153. The lowest BCUT2D eigenvalue weighted by molar-refractivity contribution is -0.145. The van der Waals surface area contributed by atoms with Crippen LogP contribution in [-0.2, 0) is 9.53 Å². The predicted molar refractivity (Wildman–Crippen MR) is 78.5 cm³/mol. The highest BCUT2D eigenvalue weighted by atomic mass is 35.5. The van der Waals surface area contributed by atoms with Gasteiger partial charge in [0.15, 0.2) is 5.82 Å². The van der Waals surface area contributed by atoms with Gasteiger partial charge in [0.05, 0.1) is 0 Å². The normalized spacial score (nSPS) is 15.1. The number of hydrogen-bond acceptors (Lipinski definition) is 5. The smallest absolute Gasteiger partial charge is 0.332 e. The number of hydrogen-bond donors (Lipinski definition) is 1. The zero-order valence-corrected chi connectivity index (χ0v) is 11.8. The molecule has 6 nitrogen and oxygen atoms in total. The molecule has 1 aromatic heterocycles. The van der Waals surface area contributed by atoms with E-state index in [-0.39, 0.29) is 12.1 Å². The van der Waals surface area contributed by atoms with Crippen molar-refractivity contribution in [3.05, 3.63) is 41.7 Å². The highest BCUT2D eigenvalue weighted by Crippen LogP contribution is 2.18. The van der Waals surface area contributed by atoms with Gasteiger partial charge in [-0.15, -0.1) is 5.10 Å². The highest BCUT2D eigenvalue weighted by molar-refractivity contribution is 6.30. The van der Waals surface area contributed by atoms with Crippen LogP contribution in [0.2, 0.25) is 5.02 Å². The van der Waals surface area contributed by atoms with E-state index in [1.54, 1.807) is 12.1 Å². The summed E-state index contributed by atoms with van der Waals surface area (Å²) in [5, 5.41) is 7.90. The first-order valence-corrected chi connectivity index (χ1v) is 6.85. The van der Waals surface area contributed by atoms with E-state index in [1.165, 1.54) is 23.3 Å². The van der Waals surface area contributed by atoms with Gasteiger partial charge in [0, 0.05) is 36.0 Å². The quantitative estimate of drug-likeness (QED) is 0.686. The molecule has 0 saturated carbocycles. The molecular weight excluding hydrogens is 292 g/mol. The van der Waals surface area contributed by atoms with Crippen LogP contribution in [0.5, 0.6) is 0 Å². The minimum absolute atomic E-state index is 0.0279. The van der Waals surface area contributed by atoms with Crippen molar-refractivity contribution in [2.75, 3.05) is 13.1 Å². The summed E-state index contributed by atoms with van der Waals surface area (Å²) >= 11 is 5.93. The monoisotopic (exact) mass is 304 g/mol. The molecule has 1 aromatic carbocycles. The lowest BCUT2D eigenvalue weighted by Crippen LogP contribution is -2.49. The second kappa shape index (κ2) is 6.07. The number of rotatable bonds is 4. The van der Waals surface area contributed by atoms with Crippen molar-refractivity contribution >= 4 is 23.8 Å². The molecule has 0 unspecified atom stereocenters. The maximum absolute atomic E-state index is 11.5. The van der Waals surface area contributed by atoms with Gasteiger partial charge in [0.1, 0.15) is 12.4 Å². The van der Waals surface area contributed by atoms with Crippen LogP contribution >= 0.6 is 11.6 Å². The zero-order chi connectivity index (χ0) is 14.7. The van der Waals surface area contributed by atoms with Crippen LogP contribution in [0.1, 0.15) is 0 Å². The fourth-order valence-corrected chi connectivity index (χ4v) is 1.98. The van der Waals surface area contributed by atoms with Gasteiger partial charge >= 0.3 is 5.97 Å². The molecule has 0 aliphatic carbocycles. The van der Waals surface area contributed by atoms with E-state index < -0.39 is 0 Å². The van der Waals surface area contributed by atoms with Gasteiger partial charge < -0.3 is 10.1 Å². The molecule has 0 radical (unpaired) electrons. The largest absolute Gasteiger partial charge is 0.456 e. The molecule has 2 aromatic rings. The Hall–Kier alpha value is -2.18. The van der Waals surface area contributed by atoms with Crippen LogP contribution in [0, 0.1) is 0 Å². The van der Waals surface area contributed by atoms with E-state index >= 15 is 0 Å². The topological polar surface area (TPSA) is 69.0 Å². The third-order valence-corrected chi connectivity index (χ3v) is 3.22. The van der Waals surface area contributed by atoms with Crippen molar-refractivity contribution < 1.29 is 9.53 Å². The molecule has 21 heavy (non-hydrogen) atoms. The third-order valence-electron chi connectivity index (χ3n) is 2.98. The van der Waals surface area contributed by atoms with Gasteiger partial charge in [0.2, 0.25) is 0 Å². The van der Waals surface area contributed by atoms with E-state index in [0.29, 0.717) is 23.9 Å². The highest BCUT2D eigenvalue weighted by Gasteiger charge is 2.19. The number of nitrogens with zero attached hydrogens (tertiary/aromatic N) is 3. The Morgan fingerprint density at radius 1 is 1.48 bits per heavy atom. The molecule has 1 saturated heterocycles. The Labute approximate surface area is 126 Å². The number of nitrogens with one attached hydrogen (secondary N) is 1. The first-order valence-electron chi connectivity index (χ1n) is 6.47.